The summed E-state index contributed by atoms with van der Waals surface area (Å²) in [6.07, 6.45) is 1.05. The van der Waals surface area contributed by atoms with Crippen LogP contribution in [0.2, 0.25) is 0 Å². The van der Waals surface area contributed by atoms with Gasteiger partial charge < -0.3 is 25.5 Å². The summed E-state index contributed by atoms with van der Waals surface area (Å²) in [6.45, 7) is 5.11. The van der Waals surface area contributed by atoms with Crippen LogP contribution in [-0.2, 0) is 27.2 Å². The molecule has 10 nitrogen and oxygen atoms in total. The molecule has 0 saturated heterocycles. The predicted molar refractivity (Wildman–Crippen MR) is 175 cm³/mol. The Morgan fingerprint density at radius 1 is 0.761 bits per heavy atom. The van der Waals surface area contributed by atoms with Crippen LogP contribution < -0.4 is 16.0 Å². The summed E-state index contributed by atoms with van der Waals surface area (Å²) in [4.78, 5) is 57.0. The van der Waals surface area contributed by atoms with E-state index in [1.807, 2.05) is 48.5 Å². The molecule has 5 N–H and O–H groups in total. The van der Waals surface area contributed by atoms with Gasteiger partial charge >= 0.3 is 6.09 Å². The summed E-state index contributed by atoms with van der Waals surface area (Å²) >= 11 is 0. The Morgan fingerprint density at radius 3 is 2.15 bits per heavy atom. The van der Waals surface area contributed by atoms with E-state index >= 15 is 0 Å². The molecule has 4 aromatic carbocycles. The van der Waals surface area contributed by atoms with Crippen LogP contribution >= 0.6 is 0 Å². The molecule has 2 atom stereocenters. The molecule has 0 unspecified atom stereocenters. The van der Waals surface area contributed by atoms with Crippen molar-refractivity contribution in [1.29, 1.82) is 0 Å². The molecule has 1 heterocycles. The lowest BCUT2D eigenvalue weighted by atomic mass is 10.0. The molecule has 46 heavy (non-hydrogen) atoms. The molecule has 5 aromatic rings. The normalized spacial score (nSPS) is 12.7. The average Bonchev–Trinajstić information content (AvgIpc) is 3.42. The summed E-state index contributed by atoms with van der Waals surface area (Å²) in [5.41, 5.74) is 1.76. The van der Waals surface area contributed by atoms with Crippen molar-refractivity contribution >= 4 is 45.5 Å². The van der Waals surface area contributed by atoms with Crippen molar-refractivity contribution in [2.24, 2.45) is 0 Å². The first kappa shape index (κ1) is 31.8. The van der Waals surface area contributed by atoms with Crippen LogP contribution in [0, 0.1) is 0 Å². The smallest absolute Gasteiger partial charge is 0.408 e. The minimum atomic E-state index is -1.19. The predicted octanol–water partition coefficient (Wildman–Crippen LogP) is 5.15. The third-order valence-electron chi connectivity index (χ3n) is 7.39. The van der Waals surface area contributed by atoms with Gasteiger partial charge in [0.15, 0.2) is 0 Å². The van der Waals surface area contributed by atoms with Gasteiger partial charge in [-0.15, -0.1) is 0 Å². The first-order valence-corrected chi connectivity index (χ1v) is 14.9. The maximum absolute atomic E-state index is 13.8. The molecule has 0 saturated carbocycles. The van der Waals surface area contributed by atoms with Gasteiger partial charge in [0.2, 0.25) is 11.8 Å². The Bertz CT molecular complexity index is 1890. The molecule has 0 bridgehead atoms. The molecule has 0 fully saturated rings. The molecule has 0 aliphatic carbocycles. The Balaban J connectivity index is 1.42. The number of carbonyl (C=O) groups excluding carboxylic acids is 4. The van der Waals surface area contributed by atoms with Crippen LogP contribution in [0.5, 0.6) is 5.75 Å². The van der Waals surface area contributed by atoms with Crippen molar-refractivity contribution in [2.75, 3.05) is 0 Å². The summed E-state index contributed by atoms with van der Waals surface area (Å²) in [5, 5.41) is 20.0. The number of ether oxygens (including phenoxy) is 1. The zero-order valence-electron chi connectivity index (χ0n) is 25.8. The van der Waals surface area contributed by atoms with E-state index in [4.69, 9.17) is 4.74 Å². The zero-order valence-corrected chi connectivity index (χ0v) is 25.8. The number of hydrogen-bond donors (Lipinski definition) is 5. The second-order valence-electron chi connectivity index (χ2n) is 12.0. The molecule has 236 valence electrons. The van der Waals surface area contributed by atoms with E-state index in [1.165, 1.54) is 12.1 Å². The van der Waals surface area contributed by atoms with Gasteiger partial charge in [0.05, 0.1) is 0 Å². The number of rotatable bonds is 9. The van der Waals surface area contributed by atoms with Crippen LogP contribution in [0.3, 0.4) is 0 Å². The van der Waals surface area contributed by atoms with Crippen LogP contribution in [0.15, 0.2) is 97.2 Å². The molecule has 5 rings (SSSR count). The topological polar surface area (TPSA) is 150 Å². The second kappa shape index (κ2) is 13.6. The van der Waals surface area contributed by atoms with E-state index in [2.05, 4.69) is 20.9 Å². The molecule has 0 radical (unpaired) electrons. The van der Waals surface area contributed by atoms with Gasteiger partial charge in [0.25, 0.3) is 5.91 Å². The lowest BCUT2D eigenvalue weighted by molar-refractivity contribution is -0.129. The monoisotopic (exact) mass is 620 g/mol. The fourth-order valence-corrected chi connectivity index (χ4v) is 5.22. The van der Waals surface area contributed by atoms with Gasteiger partial charge in [-0.25, -0.2) is 4.79 Å². The van der Waals surface area contributed by atoms with Crippen molar-refractivity contribution in [2.45, 2.75) is 51.3 Å². The summed E-state index contributed by atoms with van der Waals surface area (Å²) in [5.74, 6) is -1.92. The quantitative estimate of drug-likeness (QED) is 0.154. The number of aromatic amines is 1. The Kier molecular flexibility index (Phi) is 9.37. The first-order chi connectivity index (χ1) is 22.0. The molecule has 0 aliphatic rings. The lowest BCUT2D eigenvalue weighted by Crippen LogP contribution is -2.56. The van der Waals surface area contributed by atoms with E-state index < -0.39 is 41.5 Å². The van der Waals surface area contributed by atoms with Crippen molar-refractivity contribution in [3.05, 3.63) is 114 Å². The summed E-state index contributed by atoms with van der Waals surface area (Å²) in [7, 11) is 0. The molecule has 4 amide bonds. The largest absolute Gasteiger partial charge is 0.508 e. The first-order valence-electron chi connectivity index (χ1n) is 14.9. The number of H-pyrrole nitrogens is 1. The molecule has 1 aromatic heterocycles. The number of nitrogens with one attached hydrogen (secondary N) is 4. The second-order valence-corrected chi connectivity index (χ2v) is 12.0. The third kappa shape index (κ3) is 7.89. The third-order valence-corrected chi connectivity index (χ3v) is 7.39. The van der Waals surface area contributed by atoms with Crippen molar-refractivity contribution < 1.29 is 29.0 Å². The average molecular weight is 621 g/mol. The van der Waals surface area contributed by atoms with E-state index in [9.17, 15) is 24.3 Å². The van der Waals surface area contributed by atoms with E-state index in [0.29, 0.717) is 16.5 Å². The lowest BCUT2D eigenvalue weighted by Gasteiger charge is -2.25. The summed E-state index contributed by atoms with van der Waals surface area (Å²) < 4.78 is 5.40. The summed E-state index contributed by atoms with van der Waals surface area (Å²) in [6, 6.07) is 24.0. The minimum absolute atomic E-state index is 0.0434. The maximum atomic E-state index is 13.8. The number of benzene rings is 4. The molecular formula is C36H36N4O6. The molecule has 0 spiro atoms. The standard InChI is InChI=1S/C36H36N4O6/c1-36(2,3)46-35(45)39-30(19-22-15-17-25(41)18-16-22)33(43)38-31(20-24-21-37-29-14-7-6-12-27(24)29)34(44)40-32(42)28-13-8-10-23-9-4-5-11-26(23)28/h4-18,21,30-31,37,41H,19-20H2,1-3H3,(H,38,43)(H,39,45)(H,40,42,44)/t30-,31+/m0/s1. The molecule has 10 heteroatoms. The number of amides is 4. The zero-order chi connectivity index (χ0) is 32.8. The number of aromatic hydroxyl groups is 1. The highest BCUT2D eigenvalue weighted by atomic mass is 16.6. The number of aromatic nitrogens is 1. The number of phenols is 1. The van der Waals surface area contributed by atoms with Crippen LogP contribution in [-0.4, -0.2) is 51.6 Å². The molecular weight excluding hydrogens is 584 g/mol. The SMILES string of the molecule is CC(C)(C)OC(=O)N[C@@H](Cc1ccc(O)cc1)C(=O)N[C@H](Cc1c[nH]c2ccccc12)C(=O)NC(=O)c1cccc2ccccc12. The van der Waals surface area contributed by atoms with E-state index in [1.54, 1.807) is 57.3 Å². The van der Waals surface area contributed by atoms with Gasteiger partial charge in [0, 0.05) is 35.5 Å². The molecule has 0 aliphatic heterocycles. The maximum Gasteiger partial charge on any atom is 0.408 e. The van der Waals surface area contributed by atoms with Crippen molar-refractivity contribution in [1.82, 2.24) is 20.9 Å². The minimum Gasteiger partial charge on any atom is -0.508 e. The van der Waals surface area contributed by atoms with Crippen LogP contribution in [0.4, 0.5) is 4.79 Å². The van der Waals surface area contributed by atoms with Crippen molar-refractivity contribution in [3.63, 3.8) is 0 Å². The van der Waals surface area contributed by atoms with Gasteiger partial charge in [-0.1, -0.05) is 66.7 Å². The highest BCUT2D eigenvalue weighted by Crippen LogP contribution is 2.21. The number of alkyl carbamates (subject to hydrolysis) is 1. The Morgan fingerprint density at radius 2 is 1.41 bits per heavy atom. The van der Waals surface area contributed by atoms with Crippen LogP contribution in [0.25, 0.3) is 21.7 Å². The van der Waals surface area contributed by atoms with E-state index in [0.717, 1.165) is 21.9 Å². The number of para-hydroxylation sites is 1. The van der Waals surface area contributed by atoms with Gasteiger partial charge in [-0.2, -0.15) is 0 Å². The number of imide groups is 1. The van der Waals surface area contributed by atoms with Gasteiger partial charge in [-0.3, -0.25) is 19.7 Å². The van der Waals surface area contributed by atoms with E-state index in [-0.39, 0.29) is 18.6 Å². The highest BCUT2D eigenvalue weighted by molar-refractivity contribution is 6.13. The van der Waals surface area contributed by atoms with Gasteiger partial charge in [-0.05, 0) is 66.9 Å². The number of phenolic OH excluding ortho intramolecular Hbond substituents is 1. The Labute approximate surface area is 266 Å². The van der Waals surface area contributed by atoms with Crippen LogP contribution in [0.1, 0.15) is 42.3 Å². The fourth-order valence-electron chi connectivity index (χ4n) is 5.22. The Hall–Kier alpha value is -5.64. The van der Waals surface area contributed by atoms with Crippen molar-refractivity contribution in [3.8, 4) is 5.75 Å². The fraction of sp³-hybridized carbons (Fsp3) is 0.222. The highest BCUT2D eigenvalue weighted by Gasteiger charge is 2.30. The van der Waals surface area contributed by atoms with Gasteiger partial charge in [0.1, 0.15) is 23.4 Å². The number of carbonyl (C=O) groups is 4. The number of fused-ring (bicyclic) bond motifs is 2. The number of hydrogen-bond acceptors (Lipinski definition) is 6.